The number of hydrogen-bond acceptors (Lipinski definition) is 2. The molecule has 30 heavy (non-hydrogen) atoms. The van der Waals surface area contributed by atoms with Gasteiger partial charge in [-0.1, -0.05) is 84.4 Å². The summed E-state index contributed by atoms with van der Waals surface area (Å²) < 4.78 is 6.80. The van der Waals surface area contributed by atoms with E-state index >= 15 is 0 Å². The Morgan fingerprint density at radius 1 is 0.900 bits per heavy atom. The van der Waals surface area contributed by atoms with Crippen molar-refractivity contribution >= 4 is 0 Å². The largest absolute Gasteiger partial charge is 0.364 e. The van der Waals surface area contributed by atoms with Crippen molar-refractivity contribution in [3.8, 4) is 0 Å². The Morgan fingerprint density at radius 3 is 2.40 bits per heavy atom. The molecule has 0 spiro atoms. The molecule has 0 saturated carbocycles. The summed E-state index contributed by atoms with van der Waals surface area (Å²) in [7, 11) is 0. The highest BCUT2D eigenvalue weighted by Gasteiger charge is 2.26. The second kappa shape index (κ2) is 10.1. The maximum absolute atomic E-state index is 6.80. The van der Waals surface area contributed by atoms with E-state index in [-0.39, 0.29) is 12.2 Å². The zero-order valence-corrected chi connectivity index (χ0v) is 18.3. The highest BCUT2D eigenvalue weighted by molar-refractivity contribution is 5.35. The molecule has 0 unspecified atom stereocenters. The van der Waals surface area contributed by atoms with Gasteiger partial charge in [-0.2, -0.15) is 0 Å². The topological polar surface area (TPSA) is 12.5 Å². The van der Waals surface area contributed by atoms with Crippen LogP contribution in [0.5, 0.6) is 0 Å². The third-order valence-electron chi connectivity index (χ3n) is 6.20. The number of benzene rings is 3. The third-order valence-corrected chi connectivity index (χ3v) is 6.20. The van der Waals surface area contributed by atoms with E-state index in [1.165, 1.54) is 40.8 Å². The molecular weight excluding hydrogens is 366 g/mol. The summed E-state index contributed by atoms with van der Waals surface area (Å²) in [6, 6.07) is 28.2. The minimum absolute atomic E-state index is 0.00514. The summed E-state index contributed by atoms with van der Waals surface area (Å²) in [6.45, 7) is 7.62. The van der Waals surface area contributed by atoms with Gasteiger partial charge < -0.3 is 9.64 Å². The van der Waals surface area contributed by atoms with E-state index in [0.29, 0.717) is 0 Å². The molecule has 4 rings (SSSR count). The van der Waals surface area contributed by atoms with Crippen LogP contribution in [0, 0.1) is 13.8 Å². The lowest BCUT2D eigenvalue weighted by Gasteiger charge is -2.35. The van der Waals surface area contributed by atoms with Gasteiger partial charge >= 0.3 is 0 Å². The van der Waals surface area contributed by atoms with Gasteiger partial charge in [0.25, 0.3) is 0 Å². The molecule has 1 heterocycles. The summed E-state index contributed by atoms with van der Waals surface area (Å²) in [5.74, 6) is 0. The number of ether oxygens (including phenoxy) is 1. The standard InChI is InChI=1S/C28H33NO/c1-22-14-16-24(17-15-22)18-20-29-19-8-12-26(21-29)30-28(25-10-4-3-5-11-25)27-13-7-6-9-23(27)2/h3-7,9-11,13-17,26,28H,8,12,18-21H2,1-2H3/t26-,28-/m1/s1. The van der Waals surface area contributed by atoms with E-state index in [9.17, 15) is 0 Å². The van der Waals surface area contributed by atoms with Gasteiger partial charge in [0, 0.05) is 13.1 Å². The first kappa shape index (κ1) is 20.8. The van der Waals surface area contributed by atoms with E-state index in [2.05, 4.69) is 97.6 Å². The number of nitrogens with zero attached hydrogens (tertiary/aromatic N) is 1. The first-order valence-corrected chi connectivity index (χ1v) is 11.2. The number of likely N-dealkylation sites (tertiary alicyclic amines) is 1. The van der Waals surface area contributed by atoms with Crippen LogP contribution in [0.4, 0.5) is 0 Å². The zero-order chi connectivity index (χ0) is 20.8. The molecule has 1 fully saturated rings. The molecule has 0 amide bonds. The maximum Gasteiger partial charge on any atom is 0.108 e. The monoisotopic (exact) mass is 399 g/mol. The molecule has 3 aromatic carbocycles. The van der Waals surface area contributed by atoms with Crippen molar-refractivity contribution in [1.82, 2.24) is 4.90 Å². The van der Waals surface area contributed by atoms with Gasteiger partial charge in [-0.3, -0.25) is 0 Å². The molecular formula is C28H33NO. The van der Waals surface area contributed by atoms with Gasteiger partial charge in [-0.15, -0.1) is 0 Å². The Labute approximate surface area is 181 Å². The molecule has 0 aliphatic carbocycles. The Bertz CT molecular complexity index is 919. The van der Waals surface area contributed by atoms with E-state index in [1.807, 2.05) is 0 Å². The summed E-state index contributed by atoms with van der Waals surface area (Å²) in [6.07, 6.45) is 3.70. The lowest BCUT2D eigenvalue weighted by molar-refractivity contribution is -0.0332. The van der Waals surface area contributed by atoms with Crippen LogP contribution < -0.4 is 0 Å². The van der Waals surface area contributed by atoms with Crippen molar-refractivity contribution in [3.63, 3.8) is 0 Å². The van der Waals surface area contributed by atoms with Gasteiger partial charge in [0.15, 0.2) is 0 Å². The Balaban J connectivity index is 1.43. The minimum Gasteiger partial charge on any atom is -0.364 e. The Morgan fingerprint density at radius 2 is 1.63 bits per heavy atom. The van der Waals surface area contributed by atoms with E-state index in [1.54, 1.807) is 0 Å². The average molecular weight is 400 g/mol. The van der Waals surface area contributed by atoms with Crippen LogP contribution >= 0.6 is 0 Å². The van der Waals surface area contributed by atoms with Crippen molar-refractivity contribution in [2.24, 2.45) is 0 Å². The minimum atomic E-state index is -0.00514. The quantitative estimate of drug-likeness (QED) is 0.475. The second-order valence-electron chi connectivity index (χ2n) is 8.58. The Kier molecular flexibility index (Phi) is 6.99. The molecule has 0 radical (unpaired) electrons. The maximum atomic E-state index is 6.80. The zero-order valence-electron chi connectivity index (χ0n) is 18.3. The fraction of sp³-hybridized carbons (Fsp3) is 0.357. The molecule has 2 atom stereocenters. The lowest BCUT2D eigenvalue weighted by Crippen LogP contribution is -2.41. The van der Waals surface area contributed by atoms with E-state index < -0.39 is 0 Å². The van der Waals surface area contributed by atoms with Crippen LogP contribution in [-0.4, -0.2) is 30.6 Å². The second-order valence-corrected chi connectivity index (χ2v) is 8.58. The molecule has 1 aliphatic heterocycles. The normalized spacial score (nSPS) is 18.3. The Hall–Kier alpha value is -2.42. The predicted molar refractivity (Wildman–Crippen MR) is 125 cm³/mol. The SMILES string of the molecule is Cc1ccc(CCN2CCC[C@@H](O[C@H](c3ccccc3)c3ccccc3C)C2)cc1. The molecule has 1 saturated heterocycles. The number of rotatable bonds is 7. The van der Waals surface area contributed by atoms with Crippen LogP contribution in [-0.2, 0) is 11.2 Å². The van der Waals surface area contributed by atoms with Gasteiger partial charge in [-0.05, 0) is 61.9 Å². The van der Waals surface area contributed by atoms with Crippen molar-refractivity contribution in [2.75, 3.05) is 19.6 Å². The van der Waals surface area contributed by atoms with E-state index in [0.717, 1.165) is 25.9 Å². The van der Waals surface area contributed by atoms with Crippen LogP contribution in [0.1, 0.15) is 46.8 Å². The predicted octanol–water partition coefficient (Wildman–Crippen LogP) is 6.12. The van der Waals surface area contributed by atoms with Crippen molar-refractivity contribution < 1.29 is 4.74 Å². The molecule has 3 aromatic rings. The first-order valence-electron chi connectivity index (χ1n) is 11.2. The van der Waals surface area contributed by atoms with Gasteiger partial charge in [0.1, 0.15) is 6.10 Å². The molecule has 2 heteroatoms. The summed E-state index contributed by atoms with van der Waals surface area (Å²) in [4.78, 5) is 2.58. The smallest absolute Gasteiger partial charge is 0.108 e. The summed E-state index contributed by atoms with van der Waals surface area (Å²) in [5, 5.41) is 0. The van der Waals surface area contributed by atoms with Crippen molar-refractivity contribution in [3.05, 3.63) is 107 Å². The van der Waals surface area contributed by atoms with Crippen LogP contribution in [0.25, 0.3) is 0 Å². The number of aryl methyl sites for hydroxylation is 2. The van der Waals surface area contributed by atoms with Gasteiger partial charge in [0.2, 0.25) is 0 Å². The van der Waals surface area contributed by atoms with Gasteiger partial charge in [-0.25, -0.2) is 0 Å². The molecule has 0 aromatic heterocycles. The number of hydrogen-bond donors (Lipinski definition) is 0. The van der Waals surface area contributed by atoms with Crippen LogP contribution in [0.15, 0.2) is 78.9 Å². The highest BCUT2D eigenvalue weighted by atomic mass is 16.5. The van der Waals surface area contributed by atoms with Crippen LogP contribution in [0.2, 0.25) is 0 Å². The lowest BCUT2D eigenvalue weighted by atomic mass is 9.96. The van der Waals surface area contributed by atoms with Crippen molar-refractivity contribution in [2.45, 2.75) is 45.3 Å². The molecule has 1 aliphatic rings. The highest BCUT2D eigenvalue weighted by Crippen LogP contribution is 2.31. The summed E-state index contributed by atoms with van der Waals surface area (Å²) in [5.41, 5.74) is 6.56. The number of piperidine rings is 1. The van der Waals surface area contributed by atoms with Gasteiger partial charge in [0.05, 0.1) is 6.10 Å². The van der Waals surface area contributed by atoms with Crippen LogP contribution in [0.3, 0.4) is 0 Å². The fourth-order valence-electron chi connectivity index (χ4n) is 4.40. The molecule has 156 valence electrons. The van der Waals surface area contributed by atoms with E-state index in [4.69, 9.17) is 4.74 Å². The molecule has 2 nitrogen and oxygen atoms in total. The average Bonchev–Trinajstić information content (AvgIpc) is 2.79. The fourth-order valence-corrected chi connectivity index (χ4v) is 4.40. The first-order chi connectivity index (χ1) is 14.7. The molecule has 0 bridgehead atoms. The summed E-state index contributed by atoms with van der Waals surface area (Å²) >= 11 is 0. The van der Waals surface area contributed by atoms with Crippen molar-refractivity contribution in [1.29, 1.82) is 0 Å². The molecule has 0 N–H and O–H groups in total. The third kappa shape index (κ3) is 5.38.